The Morgan fingerprint density at radius 1 is 1.43 bits per heavy atom. The molecule has 0 radical (unpaired) electrons. The van der Waals surface area contributed by atoms with Crippen LogP contribution in [0.5, 0.6) is 0 Å². The number of benzene rings is 1. The molecule has 0 spiro atoms. The maximum absolute atomic E-state index is 13.6. The van der Waals surface area contributed by atoms with Gasteiger partial charge in [0.15, 0.2) is 0 Å². The first-order valence-electron chi connectivity index (χ1n) is 7.29. The minimum absolute atomic E-state index is 0.126. The molecule has 1 unspecified atom stereocenters. The Bertz CT molecular complexity index is 525. The molecule has 1 aliphatic rings. The molecular formula is C16H23FN2O2. The van der Waals surface area contributed by atoms with E-state index in [-0.39, 0.29) is 17.7 Å². The third-order valence-electron chi connectivity index (χ3n) is 3.57. The number of likely N-dealkylation sites (tertiary alicyclic amines) is 1. The quantitative estimate of drug-likeness (QED) is 0.806. The molecule has 1 heterocycles. The van der Waals surface area contributed by atoms with Gasteiger partial charge in [-0.05, 0) is 51.3 Å². The van der Waals surface area contributed by atoms with Gasteiger partial charge in [0.1, 0.15) is 11.4 Å². The van der Waals surface area contributed by atoms with Gasteiger partial charge in [0.2, 0.25) is 0 Å². The van der Waals surface area contributed by atoms with E-state index in [1.165, 1.54) is 6.07 Å². The Balaban J connectivity index is 2.06. The fourth-order valence-corrected chi connectivity index (χ4v) is 2.54. The van der Waals surface area contributed by atoms with Crippen molar-refractivity contribution in [1.29, 1.82) is 0 Å². The van der Waals surface area contributed by atoms with Gasteiger partial charge in [-0.3, -0.25) is 0 Å². The Morgan fingerprint density at radius 2 is 2.14 bits per heavy atom. The summed E-state index contributed by atoms with van der Waals surface area (Å²) in [5.74, 6) is -0.275. The molecule has 1 fully saturated rings. The fraction of sp³-hybridized carbons (Fsp3) is 0.562. The molecule has 4 nitrogen and oxygen atoms in total. The maximum atomic E-state index is 13.6. The van der Waals surface area contributed by atoms with Crippen molar-refractivity contribution < 1.29 is 13.9 Å². The van der Waals surface area contributed by atoms with Crippen LogP contribution >= 0.6 is 0 Å². The Hall–Kier alpha value is -1.78. The molecule has 1 aromatic carbocycles. The third-order valence-corrected chi connectivity index (χ3v) is 3.57. The summed E-state index contributed by atoms with van der Waals surface area (Å²) in [6.07, 6.45) is 1.52. The fourth-order valence-electron chi connectivity index (χ4n) is 2.54. The second-order valence-corrected chi connectivity index (χ2v) is 6.55. The van der Waals surface area contributed by atoms with E-state index in [1.807, 2.05) is 26.8 Å². The Labute approximate surface area is 125 Å². The van der Waals surface area contributed by atoms with Crippen LogP contribution in [0.2, 0.25) is 0 Å². The van der Waals surface area contributed by atoms with Gasteiger partial charge in [0.05, 0.1) is 5.69 Å². The molecule has 116 valence electrons. The predicted octanol–water partition coefficient (Wildman–Crippen LogP) is 3.52. The molecule has 2 N–H and O–H groups in total. The molecule has 0 aliphatic carbocycles. The molecule has 0 saturated carbocycles. The number of halogens is 1. The SMILES string of the molecule is CC(C)(C)OC(=O)N1CCCC(c2ccc(N)c(F)c2)C1. The predicted molar refractivity (Wildman–Crippen MR) is 80.6 cm³/mol. The van der Waals surface area contributed by atoms with E-state index in [9.17, 15) is 9.18 Å². The lowest BCUT2D eigenvalue weighted by Gasteiger charge is -2.34. The highest BCUT2D eigenvalue weighted by Gasteiger charge is 2.28. The number of nitrogens with two attached hydrogens (primary N) is 1. The summed E-state index contributed by atoms with van der Waals surface area (Å²) in [4.78, 5) is 13.8. The number of rotatable bonds is 1. The highest BCUT2D eigenvalue weighted by molar-refractivity contribution is 5.68. The topological polar surface area (TPSA) is 55.6 Å². The largest absolute Gasteiger partial charge is 0.444 e. The van der Waals surface area contributed by atoms with Crippen molar-refractivity contribution in [3.05, 3.63) is 29.6 Å². The van der Waals surface area contributed by atoms with Crippen LogP contribution in [0.1, 0.15) is 45.1 Å². The van der Waals surface area contributed by atoms with Gasteiger partial charge in [-0.2, -0.15) is 0 Å². The summed E-state index contributed by atoms with van der Waals surface area (Å²) in [6, 6.07) is 4.89. The van der Waals surface area contributed by atoms with Gasteiger partial charge >= 0.3 is 6.09 Å². The van der Waals surface area contributed by atoms with Crippen LogP contribution in [0, 0.1) is 5.82 Å². The highest BCUT2D eigenvalue weighted by atomic mass is 19.1. The van der Waals surface area contributed by atoms with Gasteiger partial charge in [0.25, 0.3) is 0 Å². The van der Waals surface area contributed by atoms with Crippen molar-refractivity contribution in [2.75, 3.05) is 18.8 Å². The molecule has 2 rings (SSSR count). The molecule has 0 aromatic heterocycles. The van der Waals surface area contributed by atoms with Crippen molar-refractivity contribution in [3.63, 3.8) is 0 Å². The van der Waals surface area contributed by atoms with E-state index < -0.39 is 11.4 Å². The smallest absolute Gasteiger partial charge is 0.410 e. The number of carbonyl (C=O) groups is 1. The zero-order valence-electron chi connectivity index (χ0n) is 12.9. The summed E-state index contributed by atoms with van der Waals surface area (Å²) >= 11 is 0. The first-order valence-corrected chi connectivity index (χ1v) is 7.29. The van der Waals surface area contributed by atoms with E-state index in [2.05, 4.69) is 0 Å². The number of piperidine rings is 1. The lowest BCUT2D eigenvalue weighted by molar-refractivity contribution is 0.0198. The van der Waals surface area contributed by atoms with Crippen LogP contribution in [0.25, 0.3) is 0 Å². The van der Waals surface area contributed by atoms with Crippen molar-refractivity contribution in [2.24, 2.45) is 0 Å². The normalized spacial score (nSPS) is 19.4. The van der Waals surface area contributed by atoms with Crippen LogP contribution in [0.3, 0.4) is 0 Å². The van der Waals surface area contributed by atoms with Crippen LogP contribution in [0.4, 0.5) is 14.9 Å². The number of carbonyl (C=O) groups excluding carboxylic acids is 1. The Kier molecular flexibility index (Phi) is 4.40. The van der Waals surface area contributed by atoms with E-state index in [0.29, 0.717) is 13.1 Å². The van der Waals surface area contributed by atoms with E-state index in [0.717, 1.165) is 18.4 Å². The number of ether oxygens (including phenoxy) is 1. The summed E-state index contributed by atoms with van der Waals surface area (Å²) < 4.78 is 19.0. The summed E-state index contributed by atoms with van der Waals surface area (Å²) in [7, 11) is 0. The average molecular weight is 294 g/mol. The molecule has 1 aromatic rings. The van der Waals surface area contributed by atoms with Crippen molar-refractivity contribution in [3.8, 4) is 0 Å². The maximum Gasteiger partial charge on any atom is 0.410 e. The summed E-state index contributed by atoms with van der Waals surface area (Å²) in [5.41, 5.74) is 6.04. The van der Waals surface area contributed by atoms with Crippen LogP contribution in [-0.2, 0) is 4.74 Å². The number of nitrogen functional groups attached to an aromatic ring is 1. The van der Waals surface area contributed by atoms with Gasteiger partial charge in [-0.25, -0.2) is 9.18 Å². The van der Waals surface area contributed by atoms with Crippen LogP contribution in [-0.4, -0.2) is 29.7 Å². The van der Waals surface area contributed by atoms with Gasteiger partial charge in [-0.15, -0.1) is 0 Å². The molecule has 21 heavy (non-hydrogen) atoms. The lowest BCUT2D eigenvalue weighted by Crippen LogP contribution is -2.42. The number of hydrogen-bond acceptors (Lipinski definition) is 3. The number of anilines is 1. The number of nitrogens with zero attached hydrogens (tertiary/aromatic N) is 1. The average Bonchev–Trinajstić information content (AvgIpc) is 2.40. The van der Waals surface area contributed by atoms with E-state index >= 15 is 0 Å². The number of amides is 1. The van der Waals surface area contributed by atoms with E-state index in [1.54, 1.807) is 11.0 Å². The zero-order chi connectivity index (χ0) is 15.6. The van der Waals surface area contributed by atoms with E-state index in [4.69, 9.17) is 10.5 Å². The molecule has 1 amide bonds. The second-order valence-electron chi connectivity index (χ2n) is 6.55. The summed E-state index contributed by atoms with van der Waals surface area (Å²) in [6.45, 7) is 6.78. The highest BCUT2D eigenvalue weighted by Crippen LogP contribution is 2.29. The monoisotopic (exact) mass is 294 g/mol. The third kappa shape index (κ3) is 4.09. The minimum Gasteiger partial charge on any atom is -0.444 e. The first kappa shape index (κ1) is 15.6. The first-order chi connectivity index (χ1) is 9.76. The van der Waals surface area contributed by atoms with Gasteiger partial charge < -0.3 is 15.4 Å². The molecule has 1 aliphatic heterocycles. The standard InChI is InChI=1S/C16H23FN2O2/c1-16(2,3)21-15(20)19-8-4-5-12(10-19)11-6-7-14(18)13(17)9-11/h6-7,9,12H,4-5,8,10,18H2,1-3H3. The molecule has 5 heteroatoms. The van der Waals surface area contributed by atoms with Crippen molar-refractivity contribution in [1.82, 2.24) is 4.90 Å². The second kappa shape index (κ2) is 5.92. The Morgan fingerprint density at radius 3 is 2.76 bits per heavy atom. The molecule has 0 bridgehead atoms. The van der Waals surface area contributed by atoms with Gasteiger partial charge in [0, 0.05) is 19.0 Å². The zero-order valence-corrected chi connectivity index (χ0v) is 12.9. The lowest BCUT2D eigenvalue weighted by atomic mass is 9.90. The van der Waals surface area contributed by atoms with Gasteiger partial charge in [-0.1, -0.05) is 6.07 Å². The molecule has 1 saturated heterocycles. The van der Waals surface area contributed by atoms with Crippen LogP contribution < -0.4 is 5.73 Å². The molecule has 1 atom stereocenters. The summed E-state index contributed by atoms with van der Waals surface area (Å²) in [5, 5.41) is 0. The number of hydrogen-bond donors (Lipinski definition) is 1. The van der Waals surface area contributed by atoms with Crippen LogP contribution in [0.15, 0.2) is 18.2 Å². The van der Waals surface area contributed by atoms with Crippen molar-refractivity contribution >= 4 is 11.8 Å². The minimum atomic E-state index is -0.503. The molecular weight excluding hydrogens is 271 g/mol. The van der Waals surface area contributed by atoms with Crippen molar-refractivity contribution in [2.45, 2.75) is 45.1 Å².